The Kier molecular flexibility index (Phi) is 6.96. The average molecular weight is 570 g/mol. The summed E-state index contributed by atoms with van der Waals surface area (Å²) in [5, 5.41) is 33.1. The first-order chi connectivity index (χ1) is 15.9. The molecule has 0 saturated carbocycles. The summed E-state index contributed by atoms with van der Waals surface area (Å²) in [6.07, 6.45) is 0.0476. The number of hydrogen-bond donors (Lipinski definition) is 3. The van der Waals surface area contributed by atoms with Gasteiger partial charge in [0.2, 0.25) is 0 Å². The Balaban J connectivity index is 1.40. The lowest BCUT2D eigenvalue weighted by molar-refractivity contribution is -0.384. The smallest absolute Gasteiger partial charge is 0.412 e. The molecule has 33 heavy (non-hydrogen) atoms. The van der Waals surface area contributed by atoms with Crippen LogP contribution in [0.25, 0.3) is 11.2 Å². The minimum Gasteiger partial charge on any atom is -0.449 e. The fraction of sp³-hybridized carbons (Fsp3) is 0.368. The number of ether oxygens (including phenoxy) is 2. The van der Waals surface area contributed by atoms with Crippen molar-refractivity contribution >= 4 is 51.4 Å². The van der Waals surface area contributed by atoms with E-state index >= 15 is 0 Å². The number of carbonyl (C=O) groups is 1. The van der Waals surface area contributed by atoms with Crippen LogP contribution in [-0.2, 0) is 15.9 Å². The maximum absolute atomic E-state index is 12.2. The molecule has 174 valence electrons. The van der Waals surface area contributed by atoms with E-state index < -0.39 is 29.5 Å². The third-order valence-corrected chi connectivity index (χ3v) is 6.63. The number of rotatable bonds is 7. The Bertz CT molecular complexity index is 1160. The lowest BCUT2D eigenvalue weighted by atomic mass is 10.1. The van der Waals surface area contributed by atoms with Crippen molar-refractivity contribution in [1.82, 2.24) is 19.5 Å². The van der Waals surface area contributed by atoms with Crippen LogP contribution in [0.15, 0.2) is 36.9 Å². The number of halogens is 1. The summed E-state index contributed by atoms with van der Waals surface area (Å²) in [5.74, 6) is 0.122. The minimum absolute atomic E-state index is 0.0129. The standard InChI is InChI=1S/C19H19IN6O7/c20-13-12(7-27)33-18(15(13)28)25-9-23-14-16(21-8-22-17(14)25)24-19(29)32-6-5-10-1-3-11(4-2-10)26(30)31/h1-4,8-9,12-13,15,18,27-28H,5-7H2,(H,21,22,24,29)/t12-,13+,15-,18-/m1/s1. The number of hydrogen-bond acceptors (Lipinski definition) is 10. The highest BCUT2D eigenvalue weighted by Gasteiger charge is 2.43. The van der Waals surface area contributed by atoms with Gasteiger partial charge in [-0.25, -0.2) is 19.7 Å². The molecule has 1 aliphatic rings. The number of carbonyl (C=O) groups excluding carboxylic acids is 1. The number of imidazole rings is 1. The van der Waals surface area contributed by atoms with Crippen LogP contribution in [0.3, 0.4) is 0 Å². The molecular formula is C19H19IN6O7. The normalized spacial score (nSPS) is 22.4. The van der Waals surface area contributed by atoms with Crippen LogP contribution in [0.5, 0.6) is 0 Å². The predicted octanol–water partition coefficient (Wildman–Crippen LogP) is 1.58. The van der Waals surface area contributed by atoms with Crippen LogP contribution in [0.2, 0.25) is 0 Å². The monoisotopic (exact) mass is 570 g/mol. The highest BCUT2D eigenvalue weighted by molar-refractivity contribution is 14.1. The maximum Gasteiger partial charge on any atom is 0.412 e. The molecule has 0 unspecified atom stereocenters. The number of nitrogens with one attached hydrogen (secondary N) is 1. The molecule has 1 aromatic carbocycles. The third-order valence-electron chi connectivity index (χ3n) is 5.09. The van der Waals surface area contributed by atoms with E-state index in [1.807, 2.05) is 22.6 Å². The summed E-state index contributed by atoms with van der Waals surface area (Å²) >= 11 is 2.02. The van der Waals surface area contributed by atoms with Crippen molar-refractivity contribution < 1.29 is 29.4 Å². The first-order valence-corrected chi connectivity index (χ1v) is 11.1. The number of benzene rings is 1. The van der Waals surface area contributed by atoms with Crippen LogP contribution in [0.1, 0.15) is 11.8 Å². The molecule has 3 heterocycles. The van der Waals surface area contributed by atoms with Gasteiger partial charge in [0.15, 0.2) is 23.2 Å². The topological polar surface area (TPSA) is 175 Å². The quantitative estimate of drug-likeness (QED) is 0.164. The van der Waals surface area contributed by atoms with Crippen molar-refractivity contribution in [3.63, 3.8) is 0 Å². The third kappa shape index (κ3) is 4.87. The minimum atomic E-state index is -0.893. The molecule has 0 radical (unpaired) electrons. The molecule has 0 bridgehead atoms. The SMILES string of the molecule is O=C(Nc1ncnc2c1ncn2[C@@H]1O[C@H](CO)[C@H](I)[C@H]1O)OCCc1ccc([N+](=O)[O-])cc1. The van der Waals surface area contributed by atoms with E-state index in [1.54, 1.807) is 12.1 Å². The van der Waals surface area contributed by atoms with Crippen molar-refractivity contribution in [3.8, 4) is 0 Å². The van der Waals surface area contributed by atoms with Crippen LogP contribution in [-0.4, -0.2) is 70.1 Å². The molecule has 1 aliphatic heterocycles. The summed E-state index contributed by atoms with van der Waals surface area (Å²) in [7, 11) is 0. The highest BCUT2D eigenvalue weighted by Crippen LogP contribution is 2.35. The van der Waals surface area contributed by atoms with E-state index in [2.05, 4.69) is 20.3 Å². The van der Waals surface area contributed by atoms with E-state index in [-0.39, 0.29) is 34.2 Å². The zero-order valence-electron chi connectivity index (χ0n) is 16.9. The van der Waals surface area contributed by atoms with Gasteiger partial charge in [0.05, 0.1) is 34.5 Å². The van der Waals surface area contributed by atoms with E-state index in [0.717, 1.165) is 5.56 Å². The number of amides is 1. The van der Waals surface area contributed by atoms with E-state index in [0.29, 0.717) is 12.1 Å². The largest absolute Gasteiger partial charge is 0.449 e. The Hall–Kier alpha value is -2.95. The van der Waals surface area contributed by atoms with Crippen LogP contribution in [0.4, 0.5) is 16.3 Å². The fourth-order valence-electron chi connectivity index (χ4n) is 3.39. The zero-order chi connectivity index (χ0) is 23.5. The molecule has 2 aromatic heterocycles. The van der Waals surface area contributed by atoms with Gasteiger partial charge in [0.25, 0.3) is 5.69 Å². The fourth-order valence-corrected chi connectivity index (χ4v) is 4.15. The Labute approximate surface area is 200 Å². The van der Waals surface area contributed by atoms with Gasteiger partial charge in [-0.1, -0.05) is 34.7 Å². The molecule has 1 saturated heterocycles. The van der Waals surface area contributed by atoms with Gasteiger partial charge >= 0.3 is 6.09 Å². The molecule has 0 spiro atoms. The Morgan fingerprint density at radius 1 is 1.30 bits per heavy atom. The van der Waals surface area contributed by atoms with Crippen molar-refractivity contribution in [1.29, 1.82) is 0 Å². The average Bonchev–Trinajstić information content (AvgIpc) is 3.36. The molecular weight excluding hydrogens is 551 g/mol. The number of nitro benzene ring substituents is 1. The first kappa shape index (κ1) is 23.2. The van der Waals surface area contributed by atoms with Crippen LogP contribution < -0.4 is 5.32 Å². The molecule has 3 N–H and O–H groups in total. The van der Waals surface area contributed by atoms with Gasteiger partial charge < -0.3 is 19.7 Å². The number of fused-ring (bicyclic) bond motifs is 1. The second kappa shape index (κ2) is 9.90. The summed E-state index contributed by atoms with van der Waals surface area (Å²) in [6.45, 7) is -0.185. The van der Waals surface area contributed by atoms with E-state index in [9.17, 15) is 25.1 Å². The first-order valence-electron chi connectivity index (χ1n) is 9.82. The van der Waals surface area contributed by atoms with Gasteiger partial charge in [0.1, 0.15) is 12.4 Å². The van der Waals surface area contributed by atoms with Gasteiger partial charge in [-0.05, 0) is 5.56 Å². The summed E-state index contributed by atoms with van der Waals surface area (Å²) in [4.78, 5) is 34.9. The lowest BCUT2D eigenvalue weighted by Gasteiger charge is -2.16. The molecule has 1 fully saturated rings. The number of aliphatic hydroxyl groups is 2. The molecule has 3 aromatic rings. The predicted molar refractivity (Wildman–Crippen MR) is 122 cm³/mol. The van der Waals surface area contributed by atoms with Crippen molar-refractivity contribution in [2.45, 2.75) is 28.8 Å². The molecule has 4 rings (SSSR count). The van der Waals surface area contributed by atoms with Crippen LogP contribution in [0, 0.1) is 10.1 Å². The van der Waals surface area contributed by atoms with Gasteiger partial charge in [0, 0.05) is 18.6 Å². The summed E-state index contributed by atoms with van der Waals surface area (Å²) < 4.78 is 12.1. The number of non-ortho nitro benzene ring substituents is 1. The van der Waals surface area contributed by atoms with Crippen molar-refractivity contribution in [3.05, 3.63) is 52.6 Å². The molecule has 0 aliphatic carbocycles. The van der Waals surface area contributed by atoms with Crippen molar-refractivity contribution in [2.24, 2.45) is 0 Å². The number of aromatic nitrogens is 4. The molecule has 4 atom stereocenters. The molecule has 14 heteroatoms. The number of anilines is 1. The van der Waals surface area contributed by atoms with Crippen LogP contribution >= 0.6 is 22.6 Å². The van der Waals surface area contributed by atoms with Gasteiger partial charge in [-0.15, -0.1) is 0 Å². The summed E-state index contributed by atoms with van der Waals surface area (Å²) in [5.41, 5.74) is 1.37. The second-order valence-corrected chi connectivity index (χ2v) is 8.60. The number of aliphatic hydroxyl groups excluding tert-OH is 2. The van der Waals surface area contributed by atoms with E-state index in [1.165, 1.54) is 29.4 Å². The number of nitrogens with zero attached hydrogens (tertiary/aromatic N) is 5. The Morgan fingerprint density at radius 3 is 2.73 bits per heavy atom. The summed E-state index contributed by atoms with van der Waals surface area (Å²) in [6, 6.07) is 5.97. The lowest BCUT2D eigenvalue weighted by Crippen LogP contribution is -2.27. The van der Waals surface area contributed by atoms with Gasteiger partial charge in [-0.3, -0.25) is 20.0 Å². The molecule has 13 nitrogen and oxygen atoms in total. The highest BCUT2D eigenvalue weighted by atomic mass is 127. The number of alkyl halides is 1. The van der Waals surface area contributed by atoms with Crippen molar-refractivity contribution in [2.75, 3.05) is 18.5 Å². The molecule has 1 amide bonds. The Morgan fingerprint density at radius 2 is 2.06 bits per heavy atom. The maximum atomic E-state index is 12.2. The zero-order valence-corrected chi connectivity index (χ0v) is 19.1. The van der Waals surface area contributed by atoms with E-state index in [4.69, 9.17) is 9.47 Å². The second-order valence-electron chi connectivity index (χ2n) is 7.16. The number of nitro groups is 1. The van der Waals surface area contributed by atoms with Gasteiger partial charge in [-0.2, -0.15) is 0 Å².